The number of ether oxygens (including phenoxy) is 1. The number of aromatic nitrogens is 1. The first-order valence-corrected chi connectivity index (χ1v) is 10.4. The highest BCUT2D eigenvalue weighted by molar-refractivity contribution is 6.11. The van der Waals surface area contributed by atoms with Crippen LogP contribution in [0.15, 0.2) is 65.9 Å². The third kappa shape index (κ3) is 6.04. The highest BCUT2D eigenvalue weighted by Crippen LogP contribution is 2.36. The molecule has 0 aliphatic rings. The number of anilines is 3. The summed E-state index contributed by atoms with van der Waals surface area (Å²) < 4.78 is 5.47. The molecule has 2 aromatic carbocycles. The van der Waals surface area contributed by atoms with Gasteiger partial charge in [0.15, 0.2) is 0 Å². The van der Waals surface area contributed by atoms with Crippen LogP contribution in [0.4, 0.5) is 17.2 Å². The van der Waals surface area contributed by atoms with Crippen LogP contribution in [0.25, 0.3) is 0 Å². The van der Waals surface area contributed by atoms with E-state index in [2.05, 4.69) is 27.2 Å². The fourth-order valence-electron chi connectivity index (χ4n) is 3.16. The second-order valence-corrected chi connectivity index (χ2v) is 7.22. The first-order valence-electron chi connectivity index (χ1n) is 10.4. The standard InChI is InChI=1S/C27H23N5O3/c1-5-16-31(3)29-18-21-10-13-22(14-11-21)32(19-33)26-23(8-7-9-24(26)35-4)27(34)30-25-15-12-20(6-2)17-28-25/h1-2,7-15,17-19H,16H2,3-4H3,(H,28,30,34). The molecule has 1 N–H and O–H groups in total. The molecule has 0 radical (unpaired) electrons. The van der Waals surface area contributed by atoms with E-state index in [1.165, 1.54) is 18.2 Å². The van der Waals surface area contributed by atoms with Gasteiger partial charge in [-0.15, -0.1) is 12.8 Å². The number of hydrazone groups is 1. The molecule has 8 nitrogen and oxygen atoms in total. The molecular weight excluding hydrogens is 442 g/mol. The van der Waals surface area contributed by atoms with E-state index in [4.69, 9.17) is 17.6 Å². The number of nitrogens with one attached hydrogen (secondary N) is 1. The van der Waals surface area contributed by atoms with Crippen LogP contribution in [-0.2, 0) is 4.79 Å². The van der Waals surface area contributed by atoms with E-state index in [0.717, 1.165) is 5.56 Å². The number of benzene rings is 2. The molecule has 8 heteroatoms. The summed E-state index contributed by atoms with van der Waals surface area (Å²) >= 11 is 0. The van der Waals surface area contributed by atoms with Crippen LogP contribution in [-0.4, -0.2) is 49.2 Å². The number of terminal acetylenes is 2. The van der Waals surface area contributed by atoms with E-state index in [1.54, 1.807) is 72.9 Å². The number of rotatable bonds is 9. The first kappa shape index (κ1) is 24.6. The van der Waals surface area contributed by atoms with Crippen LogP contribution in [0.2, 0.25) is 0 Å². The van der Waals surface area contributed by atoms with Gasteiger partial charge in [0, 0.05) is 24.5 Å². The molecule has 0 atom stereocenters. The van der Waals surface area contributed by atoms with Gasteiger partial charge in [-0.25, -0.2) is 4.98 Å². The van der Waals surface area contributed by atoms with Gasteiger partial charge in [-0.05, 0) is 42.0 Å². The normalized spacial score (nSPS) is 10.2. The molecule has 1 heterocycles. The number of methoxy groups -OCH3 is 1. The Morgan fingerprint density at radius 2 is 1.94 bits per heavy atom. The lowest BCUT2D eigenvalue weighted by Gasteiger charge is -2.23. The Labute approximate surface area is 204 Å². The molecule has 3 aromatic rings. The van der Waals surface area contributed by atoms with Crippen molar-refractivity contribution in [3.63, 3.8) is 0 Å². The molecule has 0 aliphatic heterocycles. The van der Waals surface area contributed by atoms with Crippen molar-refractivity contribution in [2.45, 2.75) is 0 Å². The summed E-state index contributed by atoms with van der Waals surface area (Å²) in [6.07, 6.45) is 14.4. The van der Waals surface area contributed by atoms with Crippen molar-refractivity contribution in [3.05, 3.63) is 77.5 Å². The summed E-state index contributed by atoms with van der Waals surface area (Å²) in [6.45, 7) is 0.385. The second-order valence-electron chi connectivity index (χ2n) is 7.22. The average molecular weight is 466 g/mol. The van der Waals surface area contributed by atoms with Crippen LogP contribution >= 0.6 is 0 Å². The molecule has 0 aliphatic carbocycles. The van der Waals surface area contributed by atoms with Crippen LogP contribution in [0.3, 0.4) is 0 Å². The predicted molar refractivity (Wildman–Crippen MR) is 137 cm³/mol. The molecule has 174 valence electrons. The van der Waals surface area contributed by atoms with Crippen molar-refractivity contribution < 1.29 is 14.3 Å². The number of hydrogen-bond donors (Lipinski definition) is 1. The van der Waals surface area contributed by atoms with Crippen molar-refractivity contribution in [2.24, 2.45) is 5.10 Å². The van der Waals surface area contributed by atoms with Gasteiger partial charge in [0.2, 0.25) is 6.41 Å². The predicted octanol–water partition coefficient (Wildman–Crippen LogP) is 3.52. The van der Waals surface area contributed by atoms with Crippen LogP contribution in [0, 0.1) is 24.7 Å². The molecule has 0 unspecified atom stereocenters. The van der Waals surface area contributed by atoms with Gasteiger partial charge in [-0.3, -0.25) is 19.5 Å². The highest BCUT2D eigenvalue weighted by atomic mass is 16.5. The third-order valence-corrected chi connectivity index (χ3v) is 4.88. The second kappa shape index (κ2) is 11.7. The van der Waals surface area contributed by atoms with E-state index >= 15 is 0 Å². The van der Waals surface area contributed by atoms with Crippen molar-refractivity contribution in [1.82, 2.24) is 9.99 Å². The van der Waals surface area contributed by atoms with E-state index in [9.17, 15) is 9.59 Å². The van der Waals surface area contributed by atoms with Gasteiger partial charge >= 0.3 is 0 Å². The Balaban J connectivity index is 1.93. The van der Waals surface area contributed by atoms with Gasteiger partial charge in [0.1, 0.15) is 17.3 Å². The largest absolute Gasteiger partial charge is 0.495 e. The summed E-state index contributed by atoms with van der Waals surface area (Å²) in [4.78, 5) is 30.8. The van der Waals surface area contributed by atoms with Gasteiger partial charge < -0.3 is 10.1 Å². The molecule has 0 saturated carbocycles. The molecule has 3 rings (SSSR count). The maximum absolute atomic E-state index is 13.1. The number of pyridine rings is 1. The van der Waals surface area contributed by atoms with Gasteiger partial charge in [0.05, 0.1) is 25.4 Å². The Hall–Kier alpha value is -5.08. The van der Waals surface area contributed by atoms with Crippen LogP contribution in [0.1, 0.15) is 21.5 Å². The summed E-state index contributed by atoms with van der Waals surface area (Å²) in [5, 5.41) is 8.60. The van der Waals surface area contributed by atoms with Crippen molar-refractivity contribution in [2.75, 3.05) is 30.9 Å². The summed E-state index contributed by atoms with van der Waals surface area (Å²) in [6, 6.07) is 15.3. The number of nitrogens with zero attached hydrogens (tertiary/aromatic N) is 4. The number of carbonyl (C=O) groups excluding carboxylic acids is 2. The molecular formula is C27H23N5O3. The molecule has 35 heavy (non-hydrogen) atoms. The zero-order valence-electron chi connectivity index (χ0n) is 19.3. The fourth-order valence-corrected chi connectivity index (χ4v) is 3.16. The highest BCUT2D eigenvalue weighted by Gasteiger charge is 2.22. The summed E-state index contributed by atoms with van der Waals surface area (Å²) in [5.41, 5.74) is 2.44. The quantitative estimate of drug-likeness (QED) is 0.226. The van der Waals surface area contributed by atoms with Gasteiger partial charge in [-0.1, -0.05) is 30.0 Å². The maximum Gasteiger partial charge on any atom is 0.259 e. The average Bonchev–Trinajstić information content (AvgIpc) is 2.89. The Morgan fingerprint density at radius 3 is 2.54 bits per heavy atom. The van der Waals surface area contributed by atoms with E-state index in [1.807, 2.05) is 0 Å². The molecule has 0 spiro atoms. The van der Waals surface area contributed by atoms with E-state index in [0.29, 0.717) is 35.8 Å². The molecule has 0 fully saturated rings. The monoisotopic (exact) mass is 465 g/mol. The Kier molecular flexibility index (Phi) is 8.20. The van der Waals surface area contributed by atoms with Crippen LogP contribution < -0.4 is 15.0 Å². The summed E-state index contributed by atoms with van der Waals surface area (Å²) in [5.74, 6) is 5.18. The van der Waals surface area contributed by atoms with Crippen molar-refractivity contribution in [3.8, 4) is 30.4 Å². The number of amides is 2. The fraction of sp³-hybridized carbons (Fsp3) is 0.111. The Morgan fingerprint density at radius 1 is 1.17 bits per heavy atom. The minimum atomic E-state index is -0.466. The maximum atomic E-state index is 13.1. The minimum Gasteiger partial charge on any atom is -0.495 e. The number of carbonyl (C=O) groups is 2. The Bertz CT molecular complexity index is 1300. The lowest BCUT2D eigenvalue weighted by atomic mass is 10.1. The minimum absolute atomic E-state index is 0.223. The summed E-state index contributed by atoms with van der Waals surface area (Å²) in [7, 11) is 3.24. The SMILES string of the molecule is C#CCN(C)N=Cc1ccc(N(C=O)c2c(OC)cccc2C(=O)Nc2ccc(C#C)cn2)cc1. The first-order chi connectivity index (χ1) is 17.0. The molecule has 0 saturated heterocycles. The van der Waals surface area contributed by atoms with Crippen LogP contribution in [0.5, 0.6) is 5.75 Å². The number of para-hydroxylation sites is 1. The zero-order valence-corrected chi connectivity index (χ0v) is 19.3. The lowest BCUT2D eigenvalue weighted by Crippen LogP contribution is -2.21. The van der Waals surface area contributed by atoms with Gasteiger partial charge in [0.25, 0.3) is 5.91 Å². The van der Waals surface area contributed by atoms with Gasteiger partial charge in [-0.2, -0.15) is 5.10 Å². The molecule has 0 bridgehead atoms. The van der Waals surface area contributed by atoms with Crippen molar-refractivity contribution >= 4 is 35.7 Å². The number of hydrogen-bond acceptors (Lipinski definition) is 6. The smallest absolute Gasteiger partial charge is 0.259 e. The van der Waals surface area contributed by atoms with Crippen molar-refractivity contribution in [1.29, 1.82) is 0 Å². The topological polar surface area (TPSA) is 87.1 Å². The third-order valence-electron chi connectivity index (χ3n) is 4.88. The van der Waals surface area contributed by atoms with E-state index in [-0.39, 0.29) is 11.3 Å². The molecule has 1 aromatic heterocycles. The lowest BCUT2D eigenvalue weighted by molar-refractivity contribution is -0.106. The molecule has 2 amide bonds. The zero-order chi connectivity index (χ0) is 25.2. The van der Waals surface area contributed by atoms with E-state index < -0.39 is 5.91 Å².